The molecule has 0 radical (unpaired) electrons. The summed E-state index contributed by atoms with van der Waals surface area (Å²) in [6.45, 7) is 1.13. The molecule has 17 heavy (non-hydrogen) atoms. The summed E-state index contributed by atoms with van der Waals surface area (Å²) >= 11 is 0. The third-order valence-corrected chi connectivity index (χ3v) is 2.82. The zero-order valence-electron chi connectivity index (χ0n) is 9.98. The van der Waals surface area contributed by atoms with Crippen molar-refractivity contribution in [3.63, 3.8) is 0 Å². The number of nitrogens with zero attached hydrogens (tertiary/aromatic N) is 1. The molecule has 0 atom stereocenters. The van der Waals surface area contributed by atoms with Gasteiger partial charge in [-0.15, -0.1) is 0 Å². The van der Waals surface area contributed by atoms with Gasteiger partial charge in [-0.05, 0) is 30.9 Å². The number of aromatic amines is 1. The van der Waals surface area contributed by atoms with E-state index in [-0.39, 0.29) is 17.0 Å². The molecule has 0 aromatic carbocycles. The fourth-order valence-electron chi connectivity index (χ4n) is 1.90. The van der Waals surface area contributed by atoms with E-state index in [1.807, 2.05) is 6.20 Å². The molecule has 0 spiro atoms. The van der Waals surface area contributed by atoms with E-state index in [0.717, 1.165) is 6.54 Å². The zero-order valence-corrected chi connectivity index (χ0v) is 11.6. The second-order valence-corrected chi connectivity index (χ2v) is 4.14. The molecule has 0 aliphatic carbocycles. The van der Waals surface area contributed by atoms with Crippen LogP contribution in [0, 0.1) is 0 Å². The number of nitrogens with one attached hydrogen (secondary N) is 1. The Morgan fingerprint density at radius 3 is 2.53 bits per heavy atom. The van der Waals surface area contributed by atoms with Crippen LogP contribution >= 0.6 is 0 Å². The molecule has 0 saturated carbocycles. The van der Waals surface area contributed by atoms with Crippen molar-refractivity contribution in [1.82, 2.24) is 4.98 Å². The number of pyridine rings is 1. The quantitative estimate of drug-likeness (QED) is 0.559. The van der Waals surface area contributed by atoms with Gasteiger partial charge in [-0.3, -0.25) is 0 Å². The number of hydrogen-bond donors (Lipinski definition) is 1. The Kier molecular flexibility index (Phi) is 6.63. The van der Waals surface area contributed by atoms with E-state index >= 15 is 0 Å². The summed E-state index contributed by atoms with van der Waals surface area (Å²) in [6.07, 6.45) is 13.4. The van der Waals surface area contributed by atoms with Crippen LogP contribution in [0.5, 0.6) is 0 Å². The number of unbranched alkanes of at least 4 members (excludes halogenated alkanes) is 2. The third kappa shape index (κ3) is 5.18. The fourth-order valence-corrected chi connectivity index (χ4v) is 1.90. The smallest absolute Gasteiger partial charge is 0.168 e. The van der Waals surface area contributed by atoms with Gasteiger partial charge in [0.25, 0.3) is 0 Å². The molecule has 0 aliphatic heterocycles. The van der Waals surface area contributed by atoms with Crippen LogP contribution in [-0.2, 0) is 13.0 Å². The molecule has 2 nitrogen and oxygen atoms in total. The number of aromatic nitrogens is 2. The molecule has 92 valence electrons. The van der Waals surface area contributed by atoms with E-state index in [1.165, 1.54) is 31.2 Å². The highest BCUT2D eigenvalue weighted by Crippen LogP contribution is 2.05. The van der Waals surface area contributed by atoms with Crippen molar-refractivity contribution >= 4 is 0 Å². The van der Waals surface area contributed by atoms with Gasteiger partial charge in [0.15, 0.2) is 12.4 Å². The molecule has 0 saturated heterocycles. The van der Waals surface area contributed by atoms with E-state index in [1.54, 1.807) is 0 Å². The molecule has 2 heterocycles. The first kappa shape index (κ1) is 14.0. The molecule has 0 unspecified atom stereocenters. The van der Waals surface area contributed by atoms with E-state index < -0.39 is 0 Å². The number of hydrogen-bond acceptors (Lipinski definition) is 0. The van der Waals surface area contributed by atoms with Crippen molar-refractivity contribution in [2.45, 2.75) is 32.2 Å². The first-order valence-corrected chi connectivity index (χ1v) is 6.01. The predicted molar refractivity (Wildman–Crippen MR) is 65.0 cm³/mol. The van der Waals surface area contributed by atoms with Gasteiger partial charge >= 0.3 is 0 Å². The molecule has 3 heteroatoms. The summed E-state index contributed by atoms with van der Waals surface area (Å²) in [4.78, 5) is 3.09. The number of halogens is 1. The van der Waals surface area contributed by atoms with Crippen molar-refractivity contribution in [2.75, 3.05) is 0 Å². The Labute approximate surface area is 113 Å². The maximum Gasteiger partial charge on any atom is 0.168 e. The highest BCUT2D eigenvalue weighted by molar-refractivity contribution is 5.07. The maximum absolute atomic E-state index is 3.09. The number of rotatable bonds is 6. The van der Waals surface area contributed by atoms with Gasteiger partial charge in [0, 0.05) is 30.9 Å². The minimum absolute atomic E-state index is 0. The van der Waals surface area contributed by atoms with Crippen LogP contribution in [-0.4, -0.2) is 4.98 Å². The van der Waals surface area contributed by atoms with Gasteiger partial charge in [-0.25, -0.2) is 4.57 Å². The summed E-state index contributed by atoms with van der Waals surface area (Å²) in [5.74, 6) is 0. The van der Waals surface area contributed by atoms with Gasteiger partial charge in [0.2, 0.25) is 0 Å². The van der Waals surface area contributed by atoms with Crippen molar-refractivity contribution in [2.24, 2.45) is 0 Å². The summed E-state index contributed by atoms with van der Waals surface area (Å²) in [7, 11) is 0. The Hall–Kier alpha value is -1.09. The van der Waals surface area contributed by atoms with E-state index in [4.69, 9.17) is 0 Å². The van der Waals surface area contributed by atoms with Crippen LogP contribution in [0.2, 0.25) is 0 Å². The molecule has 2 aromatic rings. The summed E-state index contributed by atoms with van der Waals surface area (Å²) in [5.41, 5.74) is 1.42. The normalized spacial score (nSPS) is 9.88. The molecular formula is C14H19BrN2. The lowest BCUT2D eigenvalue weighted by atomic mass is 10.1. The first-order valence-electron chi connectivity index (χ1n) is 6.01. The number of H-pyrrole nitrogens is 1. The van der Waals surface area contributed by atoms with Crippen molar-refractivity contribution in [3.05, 3.63) is 54.6 Å². The largest absolute Gasteiger partial charge is 1.00 e. The van der Waals surface area contributed by atoms with Crippen molar-refractivity contribution < 1.29 is 21.5 Å². The summed E-state index contributed by atoms with van der Waals surface area (Å²) in [6, 6.07) is 8.38. The Morgan fingerprint density at radius 2 is 1.82 bits per heavy atom. The zero-order chi connectivity index (χ0) is 11.1. The topological polar surface area (TPSA) is 19.7 Å². The van der Waals surface area contributed by atoms with Gasteiger partial charge in [-0.2, -0.15) is 0 Å². The van der Waals surface area contributed by atoms with Crippen LogP contribution in [0.25, 0.3) is 0 Å². The van der Waals surface area contributed by atoms with Crippen molar-refractivity contribution in [1.29, 1.82) is 0 Å². The molecule has 0 bridgehead atoms. The second kappa shape index (κ2) is 8.07. The molecule has 2 aromatic heterocycles. The molecule has 0 amide bonds. The predicted octanol–water partition coefficient (Wildman–Crippen LogP) is -0.281. The Bertz CT molecular complexity index is 384. The fraction of sp³-hybridized carbons (Fsp3) is 0.357. The lowest BCUT2D eigenvalue weighted by molar-refractivity contribution is -0.697. The average molecular weight is 295 g/mol. The minimum atomic E-state index is 0. The Balaban J connectivity index is 0.00000144. The van der Waals surface area contributed by atoms with E-state index in [0.29, 0.717) is 0 Å². The third-order valence-electron chi connectivity index (χ3n) is 2.82. The van der Waals surface area contributed by atoms with Gasteiger partial charge in [0.05, 0.1) is 0 Å². The highest BCUT2D eigenvalue weighted by Gasteiger charge is 1.98. The standard InChI is InChI=1S/C14H19N2.BrH/c1(3-7-14-8-9-15-13-14)4-10-16-11-5-2-6-12-16;/h2,5-6,8-9,11-13,15H,1,3-4,7,10H2;1H/q+1;/p-1. The van der Waals surface area contributed by atoms with Crippen LogP contribution < -0.4 is 21.5 Å². The Morgan fingerprint density at radius 1 is 1.00 bits per heavy atom. The minimum Gasteiger partial charge on any atom is -1.00 e. The molecule has 1 N–H and O–H groups in total. The van der Waals surface area contributed by atoms with Gasteiger partial charge < -0.3 is 22.0 Å². The monoisotopic (exact) mass is 294 g/mol. The lowest BCUT2D eigenvalue weighted by Crippen LogP contribution is -3.00. The highest BCUT2D eigenvalue weighted by atomic mass is 79.9. The van der Waals surface area contributed by atoms with Crippen molar-refractivity contribution in [3.8, 4) is 0 Å². The summed E-state index contributed by atoms with van der Waals surface area (Å²) in [5, 5.41) is 0. The van der Waals surface area contributed by atoms with Gasteiger partial charge in [0.1, 0.15) is 6.54 Å². The lowest BCUT2D eigenvalue weighted by Gasteiger charge is -1.98. The van der Waals surface area contributed by atoms with Crippen LogP contribution in [0.4, 0.5) is 0 Å². The molecule has 0 aliphatic rings. The average Bonchev–Trinajstić information content (AvgIpc) is 2.83. The summed E-state index contributed by atoms with van der Waals surface area (Å²) < 4.78 is 2.25. The molecular weight excluding hydrogens is 276 g/mol. The van der Waals surface area contributed by atoms with Crippen LogP contribution in [0.15, 0.2) is 49.1 Å². The van der Waals surface area contributed by atoms with E-state index in [9.17, 15) is 0 Å². The van der Waals surface area contributed by atoms with Gasteiger partial charge in [-0.1, -0.05) is 6.07 Å². The maximum atomic E-state index is 3.09. The van der Waals surface area contributed by atoms with E-state index in [2.05, 4.69) is 52.4 Å². The van der Waals surface area contributed by atoms with Crippen LogP contribution in [0.3, 0.4) is 0 Å². The molecule has 2 rings (SSSR count). The SMILES string of the molecule is [Br-].c1cc[n+](CCCCCc2cc[nH]c2)cc1. The second-order valence-electron chi connectivity index (χ2n) is 4.14. The first-order chi connectivity index (χ1) is 7.95. The number of aryl methyl sites for hydroxylation is 2. The molecule has 0 fully saturated rings. The van der Waals surface area contributed by atoms with Crippen LogP contribution in [0.1, 0.15) is 24.8 Å².